The number of hydrogen-bond donors (Lipinski definition) is 2. The lowest BCUT2D eigenvalue weighted by Gasteiger charge is -2.27. The van der Waals surface area contributed by atoms with E-state index in [1.807, 2.05) is 13.8 Å². The van der Waals surface area contributed by atoms with Crippen LogP contribution >= 0.6 is 11.6 Å². The predicted molar refractivity (Wildman–Crippen MR) is 86.3 cm³/mol. The van der Waals surface area contributed by atoms with Crippen LogP contribution in [0.25, 0.3) is 0 Å². The smallest absolute Gasteiger partial charge is 0.322 e. The van der Waals surface area contributed by atoms with Crippen LogP contribution in [-0.4, -0.2) is 55.2 Å². The zero-order valence-electron chi connectivity index (χ0n) is 13.2. The molecule has 1 aromatic carbocycles. The van der Waals surface area contributed by atoms with Crippen LogP contribution in [0.15, 0.2) is 12.1 Å². The molecule has 0 fully saturated rings. The van der Waals surface area contributed by atoms with Crippen molar-refractivity contribution in [3.8, 4) is 11.5 Å². The number of halogens is 1. The van der Waals surface area contributed by atoms with Gasteiger partial charge in [-0.3, -0.25) is 0 Å². The van der Waals surface area contributed by atoms with Crippen molar-refractivity contribution in [1.82, 2.24) is 4.90 Å². The van der Waals surface area contributed by atoms with Crippen LogP contribution < -0.4 is 14.8 Å². The van der Waals surface area contributed by atoms with Crippen LogP contribution in [0.1, 0.15) is 13.8 Å². The van der Waals surface area contributed by atoms with E-state index in [0.717, 1.165) is 0 Å². The summed E-state index contributed by atoms with van der Waals surface area (Å²) in [7, 11) is 0. The second-order valence-electron chi connectivity index (χ2n) is 5.24. The Labute approximate surface area is 140 Å². The number of carbonyl (C=O) groups excluding carboxylic acids is 1. The topological polar surface area (TPSA) is 80.3 Å². The molecule has 7 nitrogen and oxygen atoms in total. The molecule has 0 atom stereocenters. The second kappa shape index (κ2) is 8.24. The lowest BCUT2D eigenvalue weighted by Crippen LogP contribution is -2.42. The van der Waals surface area contributed by atoms with Gasteiger partial charge in [-0.05, 0) is 13.8 Å². The van der Waals surface area contributed by atoms with E-state index in [1.54, 1.807) is 17.0 Å². The fourth-order valence-electron chi connectivity index (χ4n) is 2.12. The summed E-state index contributed by atoms with van der Waals surface area (Å²) in [5.41, 5.74) is 0.461. The maximum atomic E-state index is 12.4. The van der Waals surface area contributed by atoms with E-state index in [4.69, 9.17) is 30.9 Å². The number of aliphatic hydroxyl groups excluding tert-OH is 1. The molecule has 23 heavy (non-hydrogen) atoms. The zero-order valence-corrected chi connectivity index (χ0v) is 13.9. The van der Waals surface area contributed by atoms with Crippen molar-refractivity contribution in [2.75, 3.05) is 38.5 Å². The Balaban J connectivity index is 2.00. The number of ether oxygens (including phenoxy) is 3. The highest BCUT2D eigenvalue weighted by Crippen LogP contribution is 2.39. The van der Waals surface area contributed by atoms with Crippen molar-refractivity contribution in [2.45, 2.75) is 19.9 Å². The van der Waals surface area contributed by atoms with Gasteiger partial charge in [-0.25, -0.2) is 4.79 Å². The summed E-state index contributed by atoms with van der Waals surface area (Å²) >= 11 is 6.16. The monoisotopic (exact) mass is 344 g/mol. The standard InChI is InChI=1S/C15H21ClN2O5/c1-10(2)18(3-5-21-6-4-19)15(20)17-12-8-14-13(7-11(12)16)22-9-23-14/h7-8,10,19H,3-6,9H2,1-2H3,(H,17,20). The molecule has 0 saturated carbocycles. The molecule has 0 aliphatic carbocycles. The van der Waals surface area contributed by atoms with Crippen molar-refractivity contribution in [2.24, 2.45) is 0 Å². The maximum absolute atomic E-state index is 12.4. The fraction of sp³-hybridized carbons (Fsp3) is 0.533. The van der Waals surface area contributed by atoms with Gasteiger partial charge in [0.15, 0.2) is 11.5 Å². The second-order valence-corrected chi connectivity index (χ2v) is 5.65. The summed E-state index contributed by atoms with van der Waals surface area (Å²) < 4.78 is 15.7. The maximum Gasteiger partial charge on any atom is 0.322 e. The highest BCUT2D eigenvalue weighted by atomic mass is 35.5. The van der Waals surface area contributed by atoms with Crippen molar-refractivity contribution in [1.29, 1.82) is 0 Å². The van der Waals surface area contributed by atoms with Crippen molar-refractivity contribution in [3.05, 3.63) is 17.2 Å². The number of fused-ring (bicyclic) bond motifs is 1. The van der Waals surface area contributed by atoms with E-state index < -0.39 is 0 Å². The van der Waals surface area contributed by atoms with Gasteiger partial charge in [-0.15, -0.1) is 0 Å². The number of anilines is 1. The summed E-state index contributed by atoms with van der Waals surface area (Å²) in [6.07, 6.45) is 0. The average Bonchev–Trinajstić information content (AvgIpc) is 2.94. The quantitative estimate of drug-likeness (QED) is 0.742. The van der Waals surface area contributed by atoms with Gasteiger partial charge in [0.25, 0.3) is 0 Å². The molecule has 2 N–H and O–H groups in total. The molecule has 0 aromatic heterocycles. The highest BCUT2D eigenvalue weighted by Gasteiger charge is 2.21. The summed E-state index contributed by atoms with van der Waals surface area (Å²) in [4.78, 5) is 14.1. The number of carbonyl (C=O) groups is 1. The van der Waals surface area contributed by atoms with Crippen molar-refractivity contribution in [3.63, 3.8) is 0 Å². The van der Waals surface area contributed by atoms with Crippen LogP contribution in [0.5, 0.6) is 11.5 Å². The molecule has 0 radical (unpaired) electrons. The Morgan fingerprint density at radius 3 is 2.74 bits per heavy atom. The Morgan fingerprint density at radius 2 is 2.09 bits per heavy atom. The molecule has 128 valence electrons. The van der Waals surface area contributed by atoms with Crippen LogP contribution in [0, 0.1) is 0 Å². The summed E-state index contributed by atoms with van der Waals surface area (Å²) in [6, 6.07) is 2.96. The van der Waals surface area contributed by atoms with Gasteiger partial charge < -0.3 is 29.5 Å². The number of rotatable bonds is 7. The van der Waals surface area contributed by atoms with E-state index in [1.165, 1.54) is 0 Å². The summed E-state index contributed by atoms with van der Waals surface area (Å²) in [5, 5.41) is 11.9. The van der Waals surface area contributed by atoms with E-state index in [-0.39, 0.29) is 32.1 Å². The molecule has 1 heterocycles. The van der Waals surface area contributed by atoms with Gasteiger partial charge in [0.05, 0.1) is 30.5 Å². The van der Waals surface area contributed by atoms with Gasteiger partial charge in [0.2, 0.25) is 6.79 Å². The third-order valence-corrected chi connectivity index (χ3v) is 3.61. The first kappa shape index (κ1) is 17.7. The normalized spacial score (nSPS) is 12.6. The number of hydrogen-bond acceptors (Lipinski definition) is 5. The number of amides is 2. The Kier molecular flexibility index (Phi) is 6.32. The van der Waals surface area contributed by atoms with Crippen LogP contribution in [0.2, 0.25) is 5.02 Å². The molecular formula is C15H21ClN2O5. The largest absolute Gasteiger partial charge is 0.454 e. The molecule has 0 spiro atoms. The minimum atomic E-state index is -0.284. The lowest BCUT2D eigenvalue weighted by atomic mass is 10.2. The van der Waals surface area contributed by atoms with E-state index >= 15 is 0 Å². The molecule has 1 aromatic rings. The number of urea groups is 1. The van der Waals surface area contributed by atoms with Gasteiger partial charge in [-0.2, -0.15) is 0 Å². The molecule has 1 aliphatic heterocycles. The third kappa shape index (κ3) is 4.63. The number of nitrogens with one attached hydrogen (secondary N) is 1. The highest BCUT2D eigenvalue weighted by molar-refractivity contribution is 6.34. The molecule has 2 rings (SSSR count). The van der Waals surface area contributed by atoms with Gasteiger partial charge in [0.1, 0.15) is 0 Å². The summed E-state index contributed by atoms with van der Waals surface area (Å²) in [5.74, 6) is 1.11. The fourth-order valence-corrected chi connectivity index (χ4v) is 2.32. The molecule has 0 saturated heterocycles. The van der Waals surface area contributed by atoms with Crippen molar-refractivity contribution >= 4 is 23.3 Å². The molecule has 0 unspecified atom stereocenters. The van der Waals surface area contributed by atoms with Gasteiger partial charge in [-0.1, -0.05) is 11.6 Å². The predicted octanol–water partition coefficient (Wildman–Crippen LogP) is 2.32. The minimum absolute atomic E-state index is 0.0134. The molecule has 2 amide bonds. The Bertz CT molecular complexity index is 553. The van der Waals surface area contributed by atoms with E-state index in [9.17, 15) is 4.79 Å². The molecule has 0 bridgehead atoms. The first-order chi connectivity index (χ1) is 11.0. The average molecular weight is 345 g/mol. The molecule has 8 heteroatoms. The zero-order chi connectivity index (χ0) is 16.8. The van der Waals surface area contributed by atoms with Crippen molar-refractivity contribution < 1.29 is 24.1 Å². The summed E-state index contributed by atoms with van der Waals surface area (Å²) in [6.45, 7) is 4.93. The number of aliphatic hydroxyl groups is 1. The SMILES string of the molecule is CC(C)N(CCOCCO)C(=O)Nc1cc2c(cc1Cl)OCO2. The first-order valence-electron chi connectivity index (χ1n) is 7.38. The van der Waals surface area contributed by atoms with Crippen LogP contribution in [0.4, 0.5) is 10.5 Å². The minimum Gasteiger partial charge on any atom is -0.454 e. The van der Waals surface area contributed by atoms with Crippen LogP contribution in [-0.2, 0) is 4.74 Å². The first-order valence-corrected chi connectivity index (χ1v) is 7.76. The number of benzene rings is 1. The number of nitrogens with zero attached hydrogens (tertiary/aromatic N) is 1. The van der Waals surface area contributed by atoms with Gasteiger partial charge >= 0.3 is 6.03 Å². The van der Waals surface area contributed by atoms with E-state index in [2.05, 4.69) is 5.32 Å². The van der Waals surface area contributed by atoms with Crippen LogP contribution in [0.3, 0.4) is 0 Å². The molecular weight excluding hydrogens is 324 g/mol. The molecule has 1 aliphatic rings. The lowest BCUT2D eigenvalue weighted by molar-refractivity contribution is 0.0757. The van der Waals surface area contributed by atoms with E-state index in [0.29, 0.717) is 35.4 Å². The van der Waals surface area contributed by atoms with Gasteiger partial charge in [0, 0.05) is 24.7 Å². The Hall–Kier alpha value is -1.70. The third-order valence-electron chi connectivity index (χ3n) is 3.30. The Morgan fingerprint density at radius 1 is 1.39 bits per heavy atom.